The van der Waals surface area contributed by atoms with Crippen molar-refractivity contribution in [2.24, 2.45) is 11.8 Å². The summed E-state index contributed by atoms with van der Waals surface area (Å²) in [6.07, 6.45) is 7.76. The molecule has 1 saturated carbocycles. The highest BCUT2D eigenvalue weighted by atomic mass is 32.1. The van der Waals surface area contributed by atoms with Crippen LogP contribution in [0.15, 0.2) is 48.8 Å². The summed E-state index contributed by atoms with van der Waals surface area (Å²) in [4.78, 5) is 49.6. The highest BCUT2D eigenvalue weighted by molar-refractivity contribution is 7.20. The molecule has 7 rings (SSSR count). The van der Waals surface area contributed by atoms with Gasteiger partial charge in [-0.25, -0.2) is 0 Å². The van der Waals surface area contributed by atoms with Crippen LogP contribution in [0.2, 0.25) is 0 Å². The third kappa shape index (κ3) is 4.36. The summed E-state index contributed by atoms with van der Waals surface area (Å²) in [6, 6.07) is 10.7. The van der Waals surface area contributed by atoms with E-state index in [0.29, 0.717) is 42.6 Å². The monoisotopic (exact) mass is 544 g/mol. The first kappa shape index (κ1) is 24.6. The van der Waals surface area contributed by atoms with E-state index in [1.165, 1.54) is 11.3 Å². The van der Waals surface area contributed by atoms with Crippen molar-refractivity contribution in [2.45, 2.75) is 56.1 Å². The maximum atomic E-state index is 14.0. The lowest BCUT2D eigenvalue weighted by atomic mass is 9.91. The molecule has 4 fully saturated rings. The standard InChI is InChI=1S/C30H32N4O4S/c1-38-25-8-9-31-14-22(25)20-15-33(16-20)30(37)24-7-6-21-11-18-10-19(18)12-23(29(36)34(21)24)32-28(35)27-13-17-4-2-3-5-26(17)39-27/h2-5,8-9,13-14,18-21,23-24H,6-7,10-12,15-16H2,1H3,(H,32,35)/t18-,19+,21+,23-,24-/m0/s1. The SMILES string of the molecule is COc1ccncc1C1CN(C(=O)[C@@H]2CC[C@@H]3C[C@@H]4C[C@@H]4C[C@H](NC(=O)c4cc5ccccc5s4)C(=O)N32)C1. The lowest BCUT2D eigenvalue weighted by Gasteiger charge is -2.43. The molecule has 202 valence electrons. The number of aromatic nitrogens is 1. The predicted molar refractivity (Wildman–Crippen MR) is 148 cm³/mol. The van der Waals surface area contributed by atoms with E-state index in [9.17, 15) is 14.4 Å². The molecule has 0 unspecified atom stereocenters. The summed E-state index contributed by atoms with van der Waals surface area (Å²) in [5.74, 6) is 1.74. The Morgan fingerprint density at radius 1 is 1.08 bits per heavy atom. The van der Waals surface area contributed by atoms with Gasteiger partial charge in [-0.3, -0.25) is 19.4 Å². The number of carbonyl (C=O) groups excluding carboxylic acids is 3. The van der Waals surface area contributed by atoms with Crippen LogP contribution in [0.1, 0.15) is 53.3 Å². The van der Waals surface area contributed by atoms with Crippen molar-refractivity contribution in [3.63, 3.8) is 0 Å². The molecule has 4 aliphatic rings. The third-order valence-corrected chi connectivity index (χ3v) is 10.3. The second kappa shape index (κ2) is 9.62. The molecule has 39 heavy (non-hydrogen) atoms. The molecule has 3 saturated heterocycles. The highest BCUT2D eigenvalue weighted by Gasteiger charge is 2.52. The Balaban J connectivity index is 1.07. The van der Waals surface area contributed by atoms with Crippen molar-refractivity contribution in [3.05, 3.63) is 59.2 Å². The van der Waals surface area contributed by atoms with Gasteiger partial charge in [-0.15, -0.1) is 11.3 Å². The van der Waals surface area contributed by atoms with Crippen LogP contribution < -0.4 is 10.1 Å². The first-order valence-electron chi connectivity index (χ1n) is 13.9. The van der Waals surface area contributed by atoms with Gasteiger partial charge in [0.25, 0.3) is 5.91 Å². The van der Waals surface area contributed by atoms with Crippen LogP contribution in [0, 0.1) is 11.8 Å². The minimum absolute atomic E-state index is 0.0208. The van der Waals surface area contributed by atoms with Gasteiger partial charge < -0.3 is 19.9 Å². The summed E-state index contributed by atoms with van der Waals surface area (Å²) in [6.45, 7) is 1.20. The van der Waals surface area contributed by atoms with Gasteiger partial charge in [0, 0.05) is 47.7 Å². The van der Waals surface area contributed by atoms with E-state index in [1.54, 1.807) is 13.3 Å². The molecule has 0 radical (unpaired) electrons. The molecule has 3 aliphatic heterocycles. The Labute approximate surface area is 231 Å². The molecule has 8 nitrogen and oxygen atoms in total. The maximum absolute atomic E-state index is 14.0. The number of ether oxygens (including phenoxy) is 1. The van der Waals surface area contributed by atoms with E-state index in [2.05, 4.69) is 10.3 Å². The van der Waals surface area contributed by atoms with E-state index in [1.807, 2.05) is 52.4 Å². The van der Waals surface area contributed by atoms with Gasteiger partial charge in [0.05, 0.1) is 12.0 Å². The van der Waals surface area contributed by atoms with E-state index in [0.717, 1.165) is 40.7 Å². The van der Waals surface area contributed by atoms with Crippen LogP contribution in [0.5, 0.6) is 5.75 Å². The van der Waals surface area contributed by atoms with Crippen LogP contribution >= 0.6 is 11.3 Å². The summed E-state index contributed by atoms with van der Waals surface area (Å²) >= 11 is 1.44. The summed E-state index contributed by atoms with van der Waals surface area (Å²) < 4.78 is 6.54. The number of hydrogen-bond donors (Lipinski definition) is 1. The van der Waals surface area contributed by atoms with E-state index >= 15 is 0 Å². The summed E-state index contributed by atoms with van der Waals surface area (Å²) in [5, 5.41) is 4.10. The number of carbonyl (C=O) groups is 3. The number of fused-ring (bicyclic) bond motifs is 3. The van der Waals surface area contributed by atoms with Gasteiger partial charge in [0.1, 0.15) is 17.8 Å². The molecule has 1 aliphatic carbocycles. The average molecular weight is 545 g/mol. The van der Waals surface area contributed by atoms with Gasteiger partial charge in [0.2, 0.25) is 11.8 Å². The molecule has 3 aromatic rings. The fraction of sp³-hybridized carbons (Fsp3) is 0.467. The molecule has 0 bridgehead atoms. The largest absolute Gasteiger partial charge is 0.496 e. The predicted octanol–water partition coefficient (Wildman–Crippen LogP) is 3.82. The summed E-state index contributed by atoms with van der Waals surface area (Å²) in [7, 11) is 1.65. The fourth-order valence-corrected chi connectivity index (χ4v) is 7.87. The topological polar surface area (TPSA) is 91.8 Å². The van der Waals surface area contributed by atoms with Gasteiger partial charge in [-0.05, 0) is 67.5 Å². The molecular formula is C30H32N4O4S. The van der Waals surface area contributed by atoms with Crippen LogP contribution in [0.4, 0.5) is 0 Å². The Kier molecular flexibility index (Phi) is 6.06. The Morgan fingerprint density at radius 3 is 2.72 bits per heavy atom. The first-order chi connectivity index (χ1) is 19.0. The zero-order valence-corrected chi connectivity index (χ0v) is 22.7. The molecule has 1 N–H and O–H groups in total. The molecule has 1 aromatic carbocycles. The number of likely N-dealkylation sites (tertiary alicyclic amines) is 1. The number of pyridine rings is 1. The number of thiophene rings is 1. The van der Waals surface area contributed by atoms with Crippen molar-refractivity contribution >= 4 is 39.1 Å². The smallest absolute Gasteiger partial charge is 0.262 e. The molecule has 5 heterocycles. The van der Waals surface area contributed by atoms with Crippen LogP contribution in [-0.2, 0) is 9.59 Å². The molecule has 2 aromatic heterocycles. The molecule has 3 amide bonds. The second-order valence-electron chi connectivity index (χ2n) is 11.5. The van der Waals surface area contributed by atoms with E-state index in [4.69, 9.17) is 4.74 Å². The minimum atomic E-state index is -0.599. The number of amides is 3. The number of methoxy groups -OCH3 is 1. The van der Waals surface area contributed by atoms with Gasteiger partial charge in [-0.2, -0.15) is 0 Å². The number of hydrogen-bond acceptors (Lipinski definition) is 6. The first-order valence-corrected chi connectivity index (χ1v) is 14.7. The van der Waals surface area contributed by atoms with E-state index in [-0.39, 0.29) is 29.7 Å². The van der Waals surface area contributed by atoms with Crippen molar-refractivity contribution in [2.75, 3.05) is 20.2 Å². The van der Waals surface area contributed by atoms with Gasteiger partial charge in [-0.1, -0.05) is 18.2 Å². The molecule has 0 spiro atoms. The van der Waals surface area contributed by atoms with Crippen molar-refractivity contribution < 1.29 is 19.1 Å². The normalized spacial score (nSPS) is 28.2. The van der Waals surface area contributed by atoms with Crippen molar-refractivity contribution in [1.82, 2.24) is 20.1 Å². The quantitative estimate of drug-likeness (QED) is 0.527. The van der Waals surface area contributed by atoms with Gasteiger partial charge >= 0.3 is 0 Å². The van der Waals surface area contributed by atoms with Crippen LogP contribution in [0.3, 0.4) is 0 Å². The van der Waals surface area contributed by atoms with E-state index < -0.39 is 12.1 Å². The number of nitrogens with one attached hydrogen (secondary N) is 1. The second-order valence-corrected chi connectivity index (χ2v) is 12.5. The van der Waals surface area contributed by atoms with Crippen LogP contribution in [0.25, 0.3) is 10.1 Å². The average Bonchev–Trinajstić information content (AvgIpc) is 3.30. The maximum Gasteiger partial charge on any atom is 0.262 e. The lowest BCUT2D eigenvalue weighted by molar-refractivity contribution is -0.149. The fourth-order valence-electron chi connectivity index (χ4n) is 6.91. The Bertz CT molecular complexity index is 1420. The number of benzene rings is 1. The third-order valence-electron chi connectivity index (χ3n) is 9.14. The van der Waals surface area contributed by atoms with Crippen molar-refractivity contribution in [1.29, 1.82) is 0 Å². The Morgan fingerprint density at radius 2 is 1.90 bits per heavy atom. The van der Waals surface area contributed by atoms with Crippen LogP contribution in [-0.4, -0.2) is 70.8 Å². The molecule has 9 heteroatoms. The molecular weight excluding hydrogens is 512 g/mol. The Hall–Kier alpha value is -3.46. The zero-order valence-electron chi connectivity index (χ0n) is 21.9. The summed E-state index contributed by atoms with van der Waals surface area (Å²) in [5.41, 5.74) is 1.01. The highest BCUT2D eigenvalue weighted by Crippen LogP contribution is 2.49. The van der Waals surface area contributed by atoms with Crippen molar-refractivity contribution in [3.8, 4) is 5.75 Å². The number of rotatable bonds is 5. The lowest BCUT2D eigenvalue weighted by Crippen LogP contribution is -2.59. The zero-order chi connectivity index (χ0) is 26.7. The molecule has 5 atom stereocenters. The minimum Gasteiger partial charge on any atom is -0.496 e. The number of nitrogens with zero attached hydrogens (tertiary/aromatic N) is 3. The van der Waals surface area contributed by atoms with Gasteiger partial charge in [0.15, 0.2) is 0 Å².